The van der Waals surface area contributed by atoms with Crippen LogP contribution in [-0.4, -0.2) is 33.5 Å². The Labute approximate surface area is 176 Å². The van der Waals surface area contributed by atoms with Gasteiger partial charge in [0.2, 0.25) is 5.88 Å². The lowest BCUT2D eigenvalue weighted by Gasteiger charge is -2.14. The maximum Gasteiger partial charge on any atom is 0.328 e. The molecule has 1 aromatic carbocycles. The lowest BCUT2D eigenvalue weighted by Crippen LogP contribution is -2.16. The van der Waals surface area contributed by atoms with E-state index in [9.17, 15) is 14.4 Å². The summed E-state index contributed by atoms with van der Waals surface area (Å²) in [6.07, 6.45) is 5.22. The molecular formula is C22H17ClN2O5. The molecule has 0 aliphatic rings. The summed E-state index contributed by atoms with van der Waals surface area (Å²) >= 11 is 5.92. The van der Waals surface area contributed by atoms with Gasteiger partial charge in [-0.2, -0.15) is 0 Å². The van der Waals surface area contributed by atoms with Crippen molar-refractivity contribution < 1.29 is 19.4 Å². The van der Waals surface area contributed by atoms with Crippen molar-refractivity contribution in [2.24, 2.45) is 7.05 Å². The molecule has 0 saturated heterocycles. The summed E-state index contributed by atoms with van der Waals surface area (Å²) in [7, 11) is 3.00. The second-order valence-corrected chi connectivity index (χ2v) is 6.81. The first-order chi connectivity index (χ1) is 14.3. The Kier molecular flexibility index (Phi) is 6.13. The van der Waals surface area contributed by atoms with Crippen molar-refractivity contribution in [1.82, 2.24) is 9.55 Å². The van der Waals surface area contributed by atoms with E-state index >= 15 is 0 Å². The number of carboxylic acids is 1. The number of aryl methyl sites for hydroxylation is 1. The molecule has 152 valence electrons. The Bertz CT molecular complexity index is 1210. The number of carbonyl (C=O) groups is 2. The van der Waals surface area contributed by atoms with E-state index in [1.165, 1.54) is 42.3 Å². The van der Waals surface area contributed by atoms with Gasteiger partial charge in [0.15, 0.2) is 5.78 Å². The molecular weight excluding hydrogens is 408 g/mol. The standard InChI is InChI=1S/C22H17ClN2O5/c1-25-12-18(14(9-20(25)26)5-8-21(27)28)17-11-24-19(30-2)10-16(17)22(29)13-3-6-15(23)7-4-13/h3-12H,1-2H3,(H,27,28)/b8-5+. The lowest BCUT2D eigenvalue weighted by atomic mass is 9.93. The van der Waals surface area contributed by atoms with Crippen molar-refractivity contribution in [3.63, 3.8) is 0 Å². The fourth-order valence-corrected chi connectivity index (χ4v) is 3.00. The number of hydrogen-bond acceptors (Lipinski definition) is 5. The van der Waals surface area contributed by atoms with Crippen LogP contribution in [0.25, 0.3) is 17.2 Å². The molecule has 3 aromatic rings. The molecule has 0 aliphatic heterocycles. The van der Waals surface area contributed by atoms with Crippen LogP contribution in [-0.2, 0) is 11.8 Å². The SMILES string of the molecule is COc1cc(C(=O)c2ccc(Cl)cc2)c(-c2cn(C)c(=O)cc2/C=C/C(=O)O)cn1. The summed E-state index contributed by atoms with van der Waals surface area (Å²) in [6, 6.07) is 9.23. The Morgan fingerprint density at radius 1 is 1.17 bits per heavy atom. The second kappa shape index (κ2) is 8.75. The maximum absolute atomic E-state index is 13.2. The van der Waals surface area contributed by atoms with E-state index in [0.717, 1.165) is 6.08 Å². The molecule has 7 nitrogen and oxygen atoms in total. The minimum Gasteiger partial charge on any atom is -0.481 e. The average molecular weight is 425 g/mol. The predicted octanol–water partition coefficient (Wildman–Crippen LogP) is 3.44. The molecule has 8 heteroatoms. The van der Waals surface area contributed by atoms with Gasteiger partial charge in [-0.15, -0.1) is 0 Å². The second-order valence-electron chi connectivity index (χ2n) is 6.37. The number of rotatable bonds is 6. The van der Waals surface area contributed by atoms with E-state index in [1.54, 1.807) is 31.3 Å². The Morgan fingerprint density at radius 2 is 1.87 bits per heavy atom. The van der Waals surface area contributed by atoms with Crippen molar-refractivity contribution in [3.8, 4) is 17.0 Å². The van der Waals surface area contributed by atoms with Gasteiger partial charge in [-0.25, -0.2) is 9.78 Å². The van der Waals surface area contributed by atoms with Gasteiger partial charge in [0.1, 0.15) is 0 Å². The van der Waals surface area contributed by atoms with Crippen LogP contribution in [0, 0.1) is 0 Å². The monoisotopic (exact) mass is 424 g/mol. The molecule has 0 atom stereocenters. The molecule has 0 saturated carbocycles. The number of hydrogen-bond donors (Lipinski definition) is 1. The van der Waals surface area contributed by atoms with Crippen LogP contribution in [0.15, 0.2) is 59.7 Å². The minimum atomic E-state index is -1.16. The molecule has 2 aromatic heterocycles. The van der Waals surface area contributed by atoms with E-state index in [-0.39, 0.29) is 22.8 Å². The van der Waals surface area contributed by atoms with Crippen molar-refractivity contribution >= 4 is 29.4 Å². The molecule has 0 aliphatic carbocycles. The highest BCUT2D eigenvalue weighted by Gasteiger charge is 2.19. The van der Waals surface area contributed by atoms with Gasteiger partial charge in [-0.3, -0.25) is 9.59 Å². The number of carboxylic acid groups (broad SMARTS) is 1. The molecule has 0 fully saturated rings. The van der Waals surface area contributed by atoms with Crippen LogP contribution >= 0.6 is 11.6 Å². The molecule has 0 radical (unpaired) electrons. The van der Waals surface area contributed by atoms with Crippen LogP contribution in [0.3, 0.4) is 0 Å². The average Bonchev–Trinajstić information content (AvgIpc) is 2.74. The number of benzene rings is 1. The molecule has 30 heavy (non-hydrogen) atoms. The van der Waals surface area contributed by atoms with Gasteiger partial charge in [0.05, 0.1) is 7.11 Å². The van der Waals surface area contributed by atoms with Crippen LogP contribution in [0.4, 0.5) is 0 Å². The van der Waals surface area contributed by atoms with E-state index in [2.05, 4.69) is 4.98 Å². The molecule has 3 rings (SSSR count). The number of aliphatic carboxylic acids is 1. The van der Waals surface area contributed by atoms with Gasteiger partial charge in [-0.1, -0.05) is 11.6 Å². The van der Waals surface area contributed by atoms with Crippen molar-refractivity contribution in [3.05, 3.63) is 86.9 Å². The van der Waals surface area contributed by atoms with Crippen molar-refractivity contribution in [1.29, 1.82) is 0 Å². The third kappa shape index (κ3) is 4.47. The van der Waals surface area contributed by atoms with E-state index < -0.39 is 5.97 Å². The fourth-order valence-electron chi connectivity index (χ4n) is 2.88. The zero-order valence-electron chi connectivity index (χ0n) is 16.1. The zero-order valence-corrected chi connectivity index (χ0v) is 16.9. The van der Waals surface area contributed by atoms with Crippen LogP contribution in [0.1, 0.15) is 21.5 Å². The summed E-state index contributed by atoms with van der Waals surface area (Å²) in [5, 5.41) is 9.48. The third-order valence-electron chi connectivity index (χ3n) is 4.40. The Balaban J connectivity index is 2.25. The maximum atomic E-state index is 13.2. The van der Waals surface area contributed by atoms with Gasteiger partial charge in [-0.05, 0) is 35.9 Å². The van der Waals surface area contributed by atoms with Crippen molar-refractivity contribution in [2.75, 3.05) is 7.11 Å². The minimum absolute atomic E-state index is 0.239. The highest BCUT2D eigenvalue weighted by atomic mass is 35.5. The first-order valence-corrected chi connectivity index (χ1v) is 9.14. The molecule has 0 amide bonds. The lowest BCUT2D eigenvalue weighted by molar-refractivity contribution is -0.131. The predicted molar refractivity (Wildman–Crippen MR) is 113 cm³/mol. The molecule has 0 unspecified atom stereocenters. The quantitative estimate of drug-likeness (QED) is 0.480. The largest absolute Gasteiger partial charge is 0.481 e. The van der Waals surface area contributed by atoms with Gasteiger partial charge >= 0.3 is 5.97 Å². The fraction of sp³-hybridized carbons (Fsp3) is 0.0909. The number of nitrogens with zero attached hydrogens (tertiary/aromatic N) is 2. The molecule has 2 heterocycles. The summed E-state index contributed by atoms with van der Waals surface area (Å²) in [5.41, 5.74) is 1.61. The highest BCUT2D eigenvalue weighted by Crippen LogP contribution is 2.30. The Hall–Kier alpha value is -3.71. The van der Waals surface area contributed by atoms with Gasteiger partial charge in [0, 0.05) is 64.9 Å². The van der Waals surface area contributed by atoms with Gasteiger partial charge < -0.3 is 14.4 Å². The number of ether oxygens (including phenoxy) is 1. The topological polar surface area (TPSA) is 98.5 Å². The summed E-state index contributed by atoms with van der Waals surface area (Å²) in [4.78, 5) is 40.5. The van der Waals surface area contributed by atoms with Crippen LogP contribution in [0.2, 0.25) is 5.02 Å². The molecule has 0 spiro atoms. The van der Waals surface area contributed by atoms with Crippen LogP contribution in [0.5, 0.6) is 5.88 Å². The summed E-state index contributed by atoms with van der Waals surface area (Å²) in [6.45, 7) is 0. The number of ketones is 1. The normalized spacial score (nSPS) is 10.9. The molecule has 0 bridgehead atoms. The van der Waals surface area contributed by atoms with E-state index in [1.807, 2.05) is 0 Å². The smallest absolute Gasteiger partial charge is 0.328 e. The molecule has 1 N–H and O–H groups in total. The number of aromatic nitrogens is 2. The first-order valence-electron chi connectivity index (χ1n) is 8.76. The number of halogens is 1. The van der Waals surface area contributed by atoms with E-state index in [4.69, 9.17) is 21.4 Å². The number of carbonyl (C=O) groups excluding carboxylic acids is 1. The summed E-state index contributed by atoms with van der Waals surface area (Å²) < 4.78 is 6.51. The van der Waals surface area contributed by atoms with Crippen LogP contribution < -0.4 is 10.3 Å². The first kappa shape index (κ1) is 21.0. The van der Waals surface area contributed by atoms with Crippen molar-refractivity contribution in [2.45, 2.75) is 0 Å². The number of methoxy groups -OCH3 is 1. The third-order valence-corrected chi connectivity index (χ3v) is 4.65. The van der Waals surface area contributed by atoms with Gasteiger partial charge in [0.25, 0.3) is 5.56 Å². The highest BCUT2D eigenvalue weighted by molar-refractivity contribution is 6.30. The van der Waals surface area contributed by atoms with E-state index in [0.29, 0.717) is 27.3 Å². The zero-order chi connectivity index (χ0) is 21.8. The summed E-state index contributed by atoms with van der Waals surface area (Å²) in [5.74, 6) is -1.22. The number of pyridine rings is 2. The Morgan fingerprint density at radius 3 is 2.50 bits per heavy atom.